The number of benzene rings is 1. The maximum Gasteiger partial charge on any atom is 0.255 e. The number of aliphatic hydroxyl groups is 1. The second-order valence-electron chi connectivity index (χ2n) is 8.64. The highest BCUT2D eigenvalue weighted by atomic mass is 19.1. The molecule has 0 aliphatic heterocycles. The van der Waals surface area contributed by atoms with Crippen LogP contribution < -0.4 is 10.6 Å². The van der Waals surface area contributed by atoms with Crippen molar-refractivity contribution in [2.45, 2.75) is 25.6 Å². The van der Waals surface area contributed by atoms with Gasteiger partial charge in [-0.1, -0.05) is 12.1 Å². The van der Waals surface area contributed by atoms with Gasteiger partial charge in [-0.15, -0.1) is 0 Å². The molecule has 180 valence electrons. The second-order valence-corrected chi connectivity index (χ2v) is 8.64. The van der Waals surface area contributed by atoms with Crippen LogP contribution in [0.5, 0.6) is 0 Å². The van der Waals surface area contributed by atoms with Gasteiger partial charge in [0.1, 0.15) is 18.3 Å². The Hall–Kier alpha value is -4.80. The average Bonchev–Trinajstić information content (AvgIpc) is 3.30. The van der Waals surface area contributed by atoms with Crippen molar-refractivity contribution in [1.82, 2.24) is 19.9 Å². The molecule has 4 aromatic rings. The number of hydrogen-bond donors (Lipinski definition) is 3. The summed E-state index contributed by atoms with van der Waals surface area (Å²) in [6, 6.07) is 17.9. The van der Waals surface area contributed by atoms with Crippen LogP contribution in [0, 0.1) is 22.7 Å². The Morgan fingerprint density at radius 2 is 1.92 bits per heavy atom. The normalized spacial score (nSPS) is 11.9. The van der Waals surface area contributed by atoms with Crippen molar-refractivity contribution < 1.29 is 14.3 Å². The lowest BCUT2D eigenvalue weighted by Gasteiger charge is -2.22. The van der Waals surface area contributed by atoms with Crippen LogP contribution in [0.25, 0.3) is 16.9 Å². The quantitative estimate of drug-likeness (QED) is 0.364. The van der Waals surface area contributed by atoms with Crippen LogP contribution in [0.15, 0.2) is 60.9 Å². The standard InChI is InChI=1S/C26H22FN7O2/c1-26(2,36)24(27)15-31-25(35)19-14-30-22(10-21(19)33-20-6-4-3-5-17(20)12-29)23-8-7-18-9-16(11-28)13-32-34(18)23/h3-10,13-14,24,36H,15H2,1-2H3,(H,30,33)(H,31,35)/t24-/m1/s1. The number of carbonyl (C=O) groups is 1. The number of pyridine rings is 1. The van der Waals surface area contributed by atoms with E-state index in [-0.39, 0.29) is 5.56 Å². The minimum atomic E-state index is -1.68. The van der Waals surface area contributed by atoms with E-state index in [0.29, 0.717) is 39.4 Å². The first kappa shape index (κ1) is 24.3. The number of hydrogen-bond acceptors (Lipinski definition) is 7. The summed E-state index contributed by atoms with van der Waals surface area (Å²) in [7, 11) is 0. The lowest BCUT2D eigenvalue weighted by atomic mass is 10.0. The third-order valence-corrected chi connectivity index (χ3v) is 5.57. The largest absolute Gasteiger partial charge is 0.387 e. The molecule has 0 radical (unpaired) electrons. The number of amides is 1. The van der Waals surface area contributed by atoms with E-state index in [4.69, 9.17) is 5.26 Å². The summed E-state index contributed by atoms with van der Waals surface area (Å²) in [5, 5.41) is 38.4. The van der Waals surface area contributed by atoms with Gasteiger partial charge in [-0.25, -0.2) is 8.91 Å². The minimum absolute atomic E-state index is 0.120. The molecular formula is C26H22FN7O2. The molecule has 1 aromatic carbocycles. The molecule has 0 fully saturated rings. The summed E-state index contributed by atoms with van der Waals surface area (Å²) < 4.78 is 15.8. The number of para-hydroxylation sites is 1. The molecule has 4 rings (SSSR count). The Bertz CT molecular complexity index is 1530. The number of anilines is 2. The van der Waals surface area contributed by atoms with E-state index < -0.39 is 24.2 Å². The molecule has 9 nitrogen and oxygen atoms in total. The molecule has 0 bridgehead atoms. The fraction of sp³-hybridized carbons (Fsp3) is 0.192. The van der Waals surface area contributed by atoms with E-state index in [2.05, 4.69) is 26.8 Å². The average molecular weight is 484 g/mol. The maximum absolute atomic E-state index is 14.2. The van der Waals surface area contributed by atoms with Gasteiger partial charge in [0.25, 0.3) is 5.91 Å². The van der Waals surface area contributed by atoms with Crippen LogP contribution in [-0.4, -0.2) is 43.9 Å². The van der Waals surface area contributed by atoms with Crippen LogP contribution >= 0.6 is 0 Å². The first-order valence-electron chi connectivity index (χ1n) is 11.0. The van der Waals surface area contributed by atoms with Crippen molar-refractivity contribution in [1.29, 1.82) is 10.5 Å². The highest BCUT2D eigenvalue weighted by Crippen LogP contribution is 2.29. The number of rotatable bonds is 7. The molecule has 36 heavy (non-hydrogen) atoms. The van der Waals surface area contributed by atoms with Gasteiger partial charge < -0.3 is 15.7 Å². The van der Waals surface area contributed by atoms with Gasteiger partial charge >= 0.3 is 0 Å². The summed E-state index contributed by atoms with van der Waals surface area (Å²) >= 11 is 0. The Balaban J connectivity index is 1.75. The molecule has 0 saturated heterocycles. The van der Waals surface area contributed by atoms with Gasteiger partial charge in [-0.05, 0) is 50.2 Å². The van der Waals surface area contributed by atoms with Crippen molar-refractivity contribution in [3.63, 3.8) is 0 Å². The zero-order valence-electron chi connectivity index (χ0n) is 19.5. The molecule has 0 saturated carbocycles. The highest BCUT2D eigenvalue weighted by Gasteiger charge is 2.27. The monoisotopic (exact) mass is 483 g/mol. The number of nitriles is 2. The number of nitrogens with zero attached hydrogens (tertiary/aromatic N) is 5. The lowest BCUT2D eigenvalue weighted by molar-refractivity contribution is -0.00177. The molecular weight excluding hydrogens is 461 g/mol. The van der Waals surface area contributed by atoms with Crippen molar-refractivity contribution in [3.8, 4) is 23.5 Å². The summed E-state index contributed by atoms with van der Waals surface area (Å²) in [6.45, 7) is 2.25. The van der Waals surface area contributed by atoms with Gasteiger partial charge in [0.15, 0.2) is 0 Å². The predicted octanol–water partition coefficient (Wildman–Crippen LogP) is 3.72. The second kappa shape index (κ2) is 9.82. The molecule has 1 amide bonds. The molecule has 3 aromatic heterocycles. The zero-order valence-corrected chi connectivity index (χ0v) is 19.5. The summed E-state index contributed by atoms with van der Waals surface area (Å²) in [5.41, 5.74) is 1.88. The topological polar surface area (TPSA) is 139 Å². The zero-order chi connectivity index (χ0) is 25.9. The smallest absolute Gasteiger partial charge is 0.255 e. The highest BCUT2D eigenvalue weighted by molar-refractivity contribution is 6.00. The van der Waals surface area contributed by atoms with E-state index in [1.54, 1.807) is 53.0 Å². The molecule has 0 aliphatic carbocycles. The third-order valence-electron chi connectivity index (χ3n) is 5.57. The van der Waals surface area contributed by atoms with Crippen LogP contribution in [0.3, 0.4) is 0 Å². The predicted molar refractivity (Wildman–Crippen MR) is 131 cm³/mol. The minimum Gasteiger partial charge on any atom is -0.387 e. The first-order valence-corrected chi connectivity index (χ1v) is 11.0. The van der Waals surface area contributed by atoms with Crippen LogP contribution in [-0.2, 0) is 0 Å². The third kappa shape index (κ3) is 4.99. The molecule has 1 atom stereocenters. The fourth-order valence-electron chi connectivity index (χ4n) is 3.50. The fourth-order valence-corrected chi connectivity index (χ4v) is 3.50. The van der Waals surface area contributed by atoms with Gasteiger partial charge in [-0.3, -0.25) is 9.78 Å². The van der Waals surface area contributed by atoms with Gasteiger partial charge in [0.2, 0.25) is 0 Å². The summed E-state index contributed by atoms with van der Waals surface area (Å²) in [5.74, 6) is -0.602. The first-order chi connectivity index (χ1) is 17.2. The van der Waals surface area contributed by atoms with Crippen LogP contribution in [0.2, 0.25) is 0 Å². The van der Waals surface area contributed by atoms with Gasteiger partial charge in [0.05, 0.1) is 63.3 Å². The van der Waals surface area contributed by atoms with Gasteiger partial charge in [0, 0.05) is 6.20 Å². The van der Waals surface area contributed by atoms with Crippen molar-refractivity contribution in [2.75, 3.05) is 11.9 Å². The number of carbonyl (C=O) groups excluding carboxylic acids is 1. The lowest BCUT2D eigenvalue weighted by Crippen LogP contribution is -2.42. The number of nitrogens with one attached hydrogen (secondary N) is 2. The van der Waals surface area contributed by atoms with Crippen LogP contribution in [0.1, 0.15) is 35.3 Å². The van der Waals surface area contributed by atoms with E-state index in [1.165, 1.54) is 26.2 Å². The van der Waals surface area contributed by atoms with Crippen molar-refractivity contribution in [3.05, 3.63) is 77.6 Å². The van der Waals surface area contributed by atoms with E-state index in [1.807, 2.05) is 6.07 Å². The Kier molecular flexibility index (Phi) is 6.64. The number of fused-ring (bicyclic) bond motifs is 1. The molecule has 10 heteroatoms. The number of aromatic nitrogens is 3. The number of halogens is 1. The van der Waals surface area contributed by atoms with Crippen molar-refractivity contribution in [2.24, 2.45) is 0 Å². The Morgan fingerprint density at radius 1 is 1.14 bits per heavy atom. The van der Waals surface area contributed by atoms with E-state index >= 15 is 0 Å². The Morgan fingerprint density at radius 3 is 2.64 bits per heavy atom. The molecule has 0 spiro atoms. The van der Waals surface area contributed by atoms with E-state index in [0.717, 1.165) is 0 Å². The van der Waals surface area contributed by atoms with Crippen molar-refractivity contribution >= 4 is 22.8 Å². The molecule has 3 N–H and O–H groups in total. The SMILES string of the molecule is CC(C)(O)[C@H](F)CNC(=O)c1cnc(-c2ccc3cc(C#N)cnn23)cc1Nc1ccccc1C#N. The maximum atomic E-state index is 14.2. The summed E-state index contributed by atoms with van der Waals surface area (Å²) in [6.07, 6.45) is 1.11. The van der Waals surface area contributed by atoms with Crippen LogP contribution in [0.4, 0.5) is 15.8 Å². The Labute approximate surface area is 206 Å². The molecule has 3 heterocycles. The number of alkyl halides is 1. The molecule has 0 unspecified atom stereocenters. The van der Waals surface area contributed by atoms with E-state index in [9.17, 15) is 19.6 Å². The summed E-state index contributed by atoms with van der Waals surface area (Å²) in [4.78, 5) is 17.4. The van der Waals surface area contributed by atoms with Gasteiger partial charge in [-0.2, -0.15) is 15.6 Å². The molecule has 0 aliphatic rings.